The second-order valence-electron chi connectivity index (χ2n) is 9.50. The van der Waals surface area contributed by atoms with E-state index in [1.807, 2.05) is 24.3 Å². The molecule has 3 aromatic rings. The molecule has 0 radical (unpaired) electrons. The number of piperidine rings is 1. The van der Waals surface area contributed by atoms with Crippen LogP contribution >= 0.6 is 0 Å². The summed E-state index contributed by atoms with van der Waals surface area (Å²) in [5.41, 5.74) is 1.49. The second kappa shape index (κ2) is 12.0. The van der Waals surface area contributed by atoms with Crippen molar-refractivity contribution in [3.63, 3.8) is 0 Å². The Morgan fingerprint density at radius 1 is 0.744 bits per heavy atom. The van der Waals surface area contributed by atoms with Crippen LogP contribution in [0.5, 0.6) is 28.7 Å². The Morgan fingerprint density at radius 2 is 1.36 bits per heavy atom. The Kier molecular flexibility index (Phi) is 8.27. The number of rotatable bonds is 9. The fraction of sp³-hybridized carbons (Fsp3) is 0.500. The van der Waals surface area contributed by atoms with Crippen LogP contribution in [0.4, 0.5) is 17.5 Å². The summed E-state index contributed by atoms with van der Waals surface area (Å²) in [6, 6.07) is 8.04. The van der Waals surface area contributed by atoms with Crippen molar-refractivity contribution in [1.29, 1.82) is 0 Å². The van der Waals surface area contributed by atoms with Gasteiger partial charge in [0.05, 0.1) is 54.3 Å². The minimum Gasteiger partial charge on any atom is -0.493 e. The van der Waals surface area contributed by atoms with E-state index >= 15 is 0 Å². The molecule has 1 aromatic heterocycles. The van der Waals surface area contributed by atoms with Gasteiger partial charge < -0.3 is 38.6 Å². The van der Waals surface area contributed by atoms with Gasteiger partial charge in [0.25, 0.3) is 0 Å². The first kappa shape index (κ1) is 26.9. The molecule has 2 saturated heterocycles. The first-order chi connectivity index (χ1) is 19.1. The Bertz CT molecular complexity index is 1270. The highest BCUT2D eigenvalue weighted by atomic mass is 16.5. The number of nitrogens with one attached hydrogen (secondary N) is 1. The highest BCUT2D eigenvalue weighted by molar-refractivity contribution is 5.94. The van der Waals surface area contributed by atoms with Gasteiger partial charge in [-0.2, -0.15) is 4.98 Å². The molecule has 3 heterocycles. The molecule has 11 nitrogen and oxygen atoms in total. The molecule has 2 aliphatic rings. The third kappa shape index (κ3) is 5.55. The van der Waals surface area contributed by atoms with E-state index in [-0.39, 0.29) is 0 Å². The number of fused-ring (bicyclic) bond motifs is 1. The monoisotopic (exact) mass is 539 g/mol. The molecule has 0 amide bonds. The van der Waals surface area contributed by atoms with Crippen LogP contribution in [-0.4, -0.2) is 95.9 Å². The summed E-state index contributed by atoms with van der Waals surface area (Å²) in [4.78, 5) is 14.8. The van der Waals surface area contributed by atoms with Gasteiger partial charge in [-0.3, -0.25) is 4.90 Å². The van der Waals surface area contributed by atoms with Crippen molar-refractivity contribution >= 4 is 28.4 Å². The predicted octanol–water partition coefficient (Wildman–Crippen LogP) is 3.72. The van der Waals surface area contributed by atoms with E-state index in [1.165, 1.54) is 0 Å². The smallest absolute Gasteiger partial charge is 0.227 e. The van der Waals surface area contributed by atoms with Crippen molar-refractivity contribution in [1.82, 2.24) is 14.9 Å². The maximum Gasteiger partial charge on any atom is 0.227 e. The summed E-state index contributed by atoms with van der Waals surface area (Å²) < 4.78 is 33.3. The number of hydrogen-bond donors (Lipinski definition) is 1. The topological polar surface area (TPSA) is 99.7 Å². The minimum atomic E-state index is 0.522. The Morgan fingerprint density at radius 3 is 1.95 bits per heavy atom. The molecular formula is C28H37N5O6. The van der Waals surface area contributed by atoms with Crippen molar-refractivity contribution in [2.45, 2.75) is 18.9 Å². The number of morpholine rings is 1. The Labute approximate surface area is 228 Å². The maximum absolute atomic E-state index is 5.58. The molecular weight excluding hydrogens is 502 g/mol. The molecule has 0 bridgehead atoms. The first-order valence-corrected chi connectivity index (χ1v) is 13.2. The van der Waals surface area contributed by atoms with Gasteiger partial charge >= 0.3 is 0 Å². The van der Waals surface area contributed by atoms with Crippen LogP contribution < -0.4 is 33.9 Å². The third-order valence-corrected chi connectivity index (χ3v) is 7.43. The number of aromatic nitrogens is 2. The molecule has 0 atom stereocenters. The van der Waals surface area contributed by atoms with Crippen molar-refractivity contribution in [2.75, 3.05) is 85.2 Å². The molecule has 0 aliphatic carbocycles. The molecule has 39 heavy (non-hydrogen) atoms. The van der Waals surface area contributed by atoms with Gasteiger partial charge in [0.1, 0.15) is 5.82 Å². The summed E-state index contributed by atoms with van der Waals surface area (Å²) in [5, 5.41) is 4.26. The highest BCUT2D eigenvalue weighted by Crippen LogP contribution is 2.42. The van der Waals surface area contributed by atoms with Gasteiger partial charge in [-0.25, -0.2) is 4.98 Å². The number of hydrogen-bond acceptors (Lipinski definition) is 11. The van der Waals surface area contributed by atoms with Crippen molar-refractivity contribution in [2.24, 2.45) is 0 Å². The Hall–Kier alpha value is -3.70. The Balaban J connectivity index is 1.51. The maximum atomic E-state index is 5.58. The molecule has 11 heteroatoms. The van der Waals surface area contributed by atoms with Gasteiger partial charge in [0.15, 0.2) is 23.0 Å². The lowest BCUT2D eigenvalue weighted by molar-refractivity contribution is 0.0114. The van der Waals surface area contributed by atoms with E-state index in [0.29, 0.717) is 46.6 Å². The summed E-state index contributed by atoms with van der Waals surface area (Å²) >= 11 is 0. The predicted molar refractivity (Wildman–Crippen MR) is 150 cm³/mol. The number of nitrogens with zero attached hydrogens (tertiary/aromatic N) is 4. The highest BCUT2D eigenvalue weighted by Gasteiger charge is 2.28. The summed E-state index contributed by atoms with van der Waals surface area (Å²) in [5.74, 6) is 4.13. The van der Waals surface area contributed by atoms with E-state index < -0.39 is 0 Å². The van der Waals surface area contributed by atoms with Gasteiger partial charge in [-0.05, 0) is 18.9 Å². The molecule has 2 aromatic carbocycles. The van der Waals surface area contributed by atoms with Crippen LogP contribution in [0.2, 0.25) is 0 Å². The van der Waals surface area contributed by atoms with Crippen molar-refractivity contribution in [3.8, 4) is 28.7 Å². The first-order valence-electron chi connectivity index (χ1n) is 13.2. The molecule has 2 fully saturated rings. The van der Waals surface area contributed by atoms with E-state index in [2.05, 4.69) is 15.1 Å². The molecule has 0 saturated carbocycles. The molecule has 0 unspecified atom stereocenters. The van der Waals surface area contributed by atoms with Crippen LogP contribution in [0.25, 0.3) is 10.9 Å². The lowest BCUT2D eigenvalue weighted by atomic mass is 10.0. The van der Waals surface area contributed by atoms with Gasteiger partial charge in [0.2, 0.25) is 11.7 Å². The molecule has 5 rings (SSSR count). The summed E-state index contributed by atoms with van der Waals surface area (Å²) in [6.07, 6.45) is 2.12. The largest absolute Gasteiger partial charge is 0.493 e. The molecule has 2 aliphatic heterocycles. The second-order valence-corrected chi connectivity index (χ2v) is 9.50. The van der Waals surface area contributed by atoms with Gasteiger partial charge in [0, 0.05) is 61.5 Å². The molecule has 1 N–H and O–H groups in total. The lowest BCUT2D eigenvalue weighted by Gasteiger charge is -2.40. The zero-order valence-electron chi connectivity index (χ0n) is 23.3. The normalized spacial score (nSPS) is 16.7. The number of methoxy groups -OCH3 is 5. The number of ether oxygens (including phenoxy) is 6. The van der Waals surface area contributed by atoms with Crippen LogP contribution in [0.1, 0.15) is 12.8 Å². The molecule has 210 valence electrons. The minimum absolute atomic E-state index is 0.522. The fourth-order valence-corrected chi connectivity index (χ4v) is 5.34. The van der Waals surface area contributed by atoms with Crippen LogP contribution in [0.15, 0.2) is 24.3 Å². The third-order valence-electron chi connectivity index (χ3n) is 7.43. The number of benzene rings is 2. The SMILES string of the molecule is COc1cc2nc(N3CCC(N4CCOCC4)CC3)nc(Nc3cc(OC)c(OC)c(OC)c3)c2cc1OC. The van der Waals surface area contributed by atoms with Crippen molar-refractivity contribution < 1.29 is 28.4 Å². The van der Waals surface area contributed by atoms with Crippen molar-refractivity contribution in [3.05, 3.63) is 24.3 Å². The summed E-state index contributed by atoms with van der Waals surface area (Å²) in [7, 11) is 8.01. The summed E-state index contributed by atoms with van der Waals surface area (Å²) in [6.45, 7) is 5.39. The van der Waals surface area contributed by atoms with E-state index in [9.17, 15) is 0 Å². The van der Waals surface area contributed by atoms with Crippen LogP contribution in [0.3, 0.4) is 0 Å². The van der Waals surface area contributed by atoms with Crippen LogP contribution in [0, 0.1) is 0 Å². The van der Waals surface area contributed by atoms with Crippen LogP contribution in [-0.2, 0) is 4.74 Å². The standard InChI is InChI=1S/C28H37N5O6/c1-34-22-16-20-21(17-23(22)35-2)30-28(33-8-6-19(7-9-33)32-10-12-39-13-11-32)31-27(20)29-18-14-24(36-3)26(38-5)25(15-18)37-4/h14-17,19H,6-13H2,1-5H3,(H,29,30,31). The van der Waals surface area contributed by atoms with Gasteiger partial charge in [-0.1, -0.05) is 0 Å². The number of anilines is 3. The fourth-order valence-electron chi connectivity index (χ4n) is 5.34. The van der Waals surface area contributed by atoms with E-state index in [4.69, 9.17) is 38.4 Å². The molecule has 0 spiro atoms. The zero-order chi connectivity index (χ0) is 27.4. The quantitative estimate of drug-likeness (QED) is 0.431. The van der Waals surface area contributed by atoms with E-state index in [1.54, 1.807) is 35.5 Å². The van der Waals surface area contributed by atoms with Gasteiger partial charge in [-0.15, -0.1) is 0 Å². The average molecular weight is 540 g/mol. The zero-order valence-corrected chi connectivity index (χ0v) is 23.3. The van der Waals surface area contributed by atoms with E-state index in [0.717, 1.165) is 68.8 Å². The average Bonchev–Trinajstić information content (AvgIpc) is 3.00. The lowest BCUT2D eigenvalue weighted by Crippen LogP contribution is -2.49.